The molecule has 0 unspecified atom stereocenters. The molecule has 0 atom stereocenters. The molecule has 6 nitrogen and oxygen atoms in total. The Labute approximate surface area is 151 Å². The lowest BCUT2D eigenvalue weighted by atomic mass is 10.3. The van der Waals surface area contributed by atoms with E-state index in [1.54, 1.807) is 42.7 Å². The molecule has 2 aromatic heterocycles. The highest BCUT2D eigenvalue weighted by Crippen LogP contribution is 2.30. The predicted octanol–water partition coefficient (Wildman–Crippen LogP) is 3.68. The van der Waals surface area contributed by atoms with Crippen LogP contribution in [0.2, 0.25) is 0 Å². The third-order valence-electron chi connectivity index (χ3n) is 3.11. The van der Waals surface area contributed by atoms with Crippen LogP contribution in [0, 0.1) is 0 Å². The number of hydrogen-bond donors (Lipinski definition) is 0. The smallest absolute Gasteiger partial charge is 0.345 e. The molecule has 3 rings (SSSR count). The summed E-state index contributed by atoms with van der Waals surface area (Å²) in [5.41, 5.74) is 0.673. The van der Waals surface area contributed by atoms with Crippen LogP contribution in [0.1, 0.15) is 20.7 Å². The van der Waals surface area contributed by atoms with Crippen LogP contribution in [0.5, 0.6) is 11.5 Å². The van der Waals surface area contributed by atoms with Crippen LogP contribution in [0.3, 0.4) is 0 Å². The molecule has 0 radical (unpaired) electrons. The van der Waals surface area contributed by atoms with E-state index in [0.29, 0.717) is 27.1 Å². The van der Waals surface area contributed by atoms with Gasteiger partial charge in [-0.2, -0.15) is 0 Å². The fourth-order valence-electron chi connectivity index (χ4n) is 1.92. The first-order valence-electron chi connectivity index (χ1n) is 7.17. The predicted molar refractivity (Wildman–Crippen MR) is 92.5 cm³/mol. The highest BCUT2D eigenvalue weighted by atomic mass is 79.9. The summed E-state index contributed by atoms with van der Waals surface area (Å²) in [5.74, 6) is -0.453. The summed E-state index contributed by atoms with van der Waals surface area (Å²) in [7, 11) is 0. The Hall–Kier alpha value is -3.06. The Kier molecular flexibility index (Phi) is 5.15. The number of ether oxygens (including phenoxy) is 2. The van der Waals surface area contributed by atoms with Crippen LogP contribution in [0.15, 0.2) is 71.7 Å². The summed E-state index contributed by atoms with van der Waals surface area (Å²) in [6, 6.07) is 11.1. The Bertz CT molecular complexity index is 901. The third kappa shape index (κ3) is 4.27. The van der Waals surface area contributed by atoms with Gasteiger partial charge in [0.05, 0.1) is 15.6 Å². The molecule has 0 saturated carbocycles. The lowest BCUT2D eigenvalue weighted by Crippen LogP contribution is -2.10. The summed E-state index contributed by atoms with van der Waals surface area (Å²) < 4.78 is 11.0. The number of nitrogens with zero attached hydrogens (tertiary/aromatic N) is 2. The fourth-order valence-corrected chi connectivity index (χ4v) is 2.36. The molecule has 0 aliphatic carbocycles. The van der Waals surface area contributed by atoms with E-state index < -0.39 is 11.9 Å². The van der Waals surface area contributed by atoms with Gasteiger partial charge in [-0.1, -0.05) is 0 Å². The van der Waals surface area contributed by atoms with Gasteiger partial charge in [0.15, 0.2) is 0 Å². The van der Waals surface area contributed by atoms with Crippen LogP contribution in [0.25, 0.3) is 0 Å². The number of pyridine rings is 2. The normalized spacial score (nSPS) is 10.1. The van der Waals surface area contributed by atoms with Crippen molar-refractivity contribution in [3.63, 3.8) is 0 Å². The van der Waals surface area contributed by atoms with Crippen molar-refractivity contribution in [2.45, 2.75) is 0 Å². The summed E-state index contributed by atoms with van der Waals surface area (Å²) in [4.78, 5) is 31.8. The molecule has 3 aromatic rings. The van der Waals surface area contributed by atoms with E-state index in [-0.39, 0.29) is 0 Å². The number of carbonyl (C=O) groups excluding carboxylic acids is 2. The minimum Gasteiger partial charge on any atom is -0.423 e. The van der Waals surface area contributed by atoms with Crippen molar-refractivity contribution in [2.24, 2.45) is 0 Å². The largest absolute Gasteiger partial charge is 0.423 e. The van der Waals surface area contributed by atoms with E-state index in [0.717, 1.165) is 0 Å². The van der Waals surface area contributed by atoms with Gasteiger partial charge in [0, 0.05) is 24.8 Å². The highest BCUT2D eigenvalue weighted by molar-refractivity contribution is 9.10. The van der Waals surface area contributed by atoms with Crippen molar-refractivity contribution in [1.82, 2.24) is 9.97 Å². The Balaban J connectivity index is 1.71. The van der Waals surface area contributed by atoms with Crippen molar-refractivity contribution in [1.29, 1.82) is 0 Å². The monoisotopic (exact) mass is 398 g/mol. The second kappa shape index (κ2) is 7.67. The van der Waals surface area contributed by atoms with Crippen molar-refractivity contribution < 1.29 is 19.1 Å². The SMILES string of the molecule is O=C(Oc1ccc(OC(=O)c2cccnc2)c(Br)c1)c1cccnc1. The lowest BCUT2D eigenvalue weighted by molar-refractivity contribution is 0.0718. The topological polar surface area (TPSA) is 78.4 Å². The van der Waals surface area contributed by atoms with Crippen molar-refractivity contribution in [3.05, 3.63) is 82.9 Å². The van der Waals surface area contributed by atoms with Crippen LogP contribution in [-0.2, 0) is 0 Å². The molecule has 7 heteroatoms. The maximum Gasteiger partial charge on any atom is 0.345 e. The first-order valence-corrected chi connectivity index (χ1v) is 7.97. The fraction of sp³-hybridized carbons (Fsp3) is 0. The average molecular weight is 399 g/mol. The molecule has 0 aliphatic heterocycles. The number of aromatic nitrogens is 2. The summed E-state index contributed by atoms with van der Waals surface area (Å²) >= 11 is 3.30. The molecule has 0 aliphatic rings. The maximum absolute atomic E-state index is 12.0. The molecule has 0 spiro atoms. The first-order chi connectivity index (χ1) is 12.1. The van der Waals surface area contributed by atoms with Crippen molar-refractivity contribution in [2.75, 3.05) is 0 Å². The first kappa shape index (κ1) is 16.8. The van der Waals surface area contributed by atoms with E-state index in [1.165, 1.54) is 24.5 Å². The number of halogens is 1. The second-order valence-electron chi connectivity index (χ2n) is 4.85. The highest BCUT2D eigenvalue weighted by Gasteiger charge is 2.13. The molecule has 0 saturated heterocycles. The Morgan fingerprint density at radius 1 is 0.840 bits per heavy atom. The molecule has 0 bridgehead atoms. The van der Waals surface area contributed by atoms with Gasteiger partial charge < -0.3 is 9.47 Å². The zero-order valence-electron chi connectivity index (χ0n) is 12.8. The van der Waals surface area contributed by atoms with Crippen LogP contribution in [-0.4, -0.2) is 21.9 Å². The maximum atomic E-state index is 12.0. The van der Waals surface area contributed by atoms with Gasteiger partial charge >= 0.3 is 11.9 Å². The standard InChI is InChI=1S/C18H11BrN2O4/c19-15-9-14(24-17(22)12-3-1-7-20-10-12)5-6-16(15)25-18(23)13-4-2-8-21-11-13/h1-11H. The third-order valence-corrected chi connectivity index (χ3v) is 3.73. The van der Waals surface area contributed by atoms with Crippen molar-refractivity contribution >= 4 is 27.9 Å². The van der Waals surface area contributed by atoms with Crippen molar-refractivity contribution in [3.8, 4) is 11.5 Å². The van der Waals surface area contributed by atoms with Gasteiger partial charge in [-0.25, -0.2) is 9.59 Å². The van der Waals surface area contributed by atoms with Gasteiger partial charge in [-0.05, 0) is 58.4 Å². The Morgan fingerprint density at radius 2 is 1.44 bits per heavy atom. The average Bonchev–Trinajstić information content (AvgIpc) is 2.65. The number of esters is 2. The molecular formula is C18H11BrN2O4. The van der Waals surface area contributed by atoms with E-state index >= 15 is 0 Å². The molecule has 0 amide bonds. The van der Waals surface area contributed by atoms with Gasteiger partial charge in [-0.15, -0.1) is 0 Å². The second-order valence-corrected chi connectivity index (χ2v) is 5.71. The van der Waals surface area contributed by atoms with E-state index in [2.05, 4.69) is 25.9 Å². The van der Waals surface area contributed by atoms with Gasteiger partial charge in [0.2, 0.25) is 0 Å². The number of benzene rings is 1. The summed E-state index contributed by atoms with van der Waals surface area (Å²) in [6.45, 7) is 0. The summed E-state index contributed by atoms with van der Waals surface area (Å²) in [6.07, 6.45) is 5.97. The zero-order valence-corrected chi connectivity index (χ0v) is 14.3. The van der Waals surface area contributed by atoms with E-state index in [4.69, 9.17) is 9.47 Å². The molecular weight excluding hydrogens is 388 g/mol. The van der Waals surface area contributed by atoms with Crippen LogP contribution in [0.4, 0.5) is 0 Å². The molecule has 25 heavy (non-hydrogen) atoms. The van der Waals surface area contributed by atoms with Gasteiger partial charge in [0.1, 0.15) is 11.5 Å². The molecule has 2 heterocycles. The molecule has 124 valence electrons. The van der Waals surface area contributed by atoms with Gasteiger partial charge in [0.25, 0.3) is 0 Å². The molecule has 0 fully saturated rings. The van der Waals surface area contributed by atoms with E-state index in [9.17, 15) is 9.59 Å². The molecule has 1 aromatic carbocycles. The minimum atomic E-state index is -0.533. The number of carbonyl (C=O) groups is 2. The molecule has 0 N–H and O–H groups in total. The minimum absolute atomic E-state index is 0.301. The van der Waals surface area contributed by atoms with Gasteiger partial charge in [-0.3, -0.25) is 9.97 Å². The zero-order chi connectivity index (χ0) is 17.6. The quantitative estimate of drug-likeness (QED) is 0.492. The summed E-state index contributed by atoms with van der Waals surface area (Å²) in [5, 5.41) is 0. The number of hydrogen-bond acceptors (Lipinski definition) is 6. The Morgan fingerprint density at radius 3 is 1.96 bits per heavy atom. The van der Waals surface area contributed by atoms with E-state index in [1.807, 2.05) is 0 Å². The van der Waals surface area contributed by atoms with Crippen LogP contribution >= 0.6 is 15.9 Å². The lowest BCUT2D eigenvalue weighted by Gasteiger charge is -2.09. The van der Waals surface area contributed by atoms with Crippen LogP contribution < -0.4 is 9.47 Å². The number of rotatable bonds is 4.